The summed E-state index contributed by atoms with van der Waals surface area (Å²) in [6.45, 7) is 0. The van der Waals surface area contributed by atoms with Gasteiger partial charge in [0.05, 0.1) is 5.56 Å². The molecule has 0 saturated carbocycles. The van der Waals surface area contributed by atoms with Crippen molar-refractivity contribution in [2.45, 2.75) is 0 Å². The molecule has 0 radical (unpaired) electrons. The van der Waals surface area contributed by atoms with Crippen molar-refractivity contribution in [3.8, 4) is 56.4 Å². The lowest BCUT2D eigenvalue weighted by molar-refractivity contribution is 0.669. The van der Waals surface area contributed by atoms with Crippen LogP contribution in [0.4, 0.5) is 0 Å². The summed E-state index contributed by atoms with van der Waals surface area (Å²) >= 11 is 0. The molecule has 2 aromatic heterocycles. The zero-order valence-electron chi connectivity index (χ0n) is 35.0. The normalized spacial score (nSPS) is 12.0. The molecular weight excluding hydrogens is 791 g/mol. The lowest BCUT2D eigenvalue weighted by atomic mass is 9.85. The zero-order valence-corrected chi connectivity index (χ0v) is 35.0. The van der Waals surface area contributed by atoms with Crippen molar-refractivity contribution in [1.82, 2.24) is 15.0 Å². The Labute approximate surface area is 373 Å². The van der Waals surface area contributed by atoms with E-state index in [0.29, 0.717) is 17.5 Å². The third-order valence-electron chi connectivity index (χ3n) is 13.4. The van der Waals surface area contributed by atoms with Gasteiger partial charge in [-0.15, -0.1) is 0 Å². The number of benzene rings is 11. The van der Waals surface area contributed by atoms with E-state index >= 15 is 0 Å². The van der Waals surface area contributed by atoms with Crippen molar-refractivity contribution in [2.75, 3.05) is 0 Å². The first-order valence-electron chi connectivity index (χ1n) is 22.1. The van der Waals surface area contributed by atoms with E-state index in [9.17, 15) is 0 Å². The Kier molecular flexibility index (Phi) is 7.65. The molecule has 0 fully saturated rings. The van der Waals surface area contributed by atoms with Crippen LogP contribution in [0.25, 0.3) is 143 Å². The van der Waals surface area contributed by atoms with E-state index in [1.807, 2.05) is 60.7 Å². The summed E-state index contributed by atoms with van der Waals surface area (Å²) in [7, 11) is 0. The molecular formula is C61H35N3O. The second kappa shape index (κ2) is 13.9. The summed E-state index contributed by atoms with van der Waals surface area (Å²) in [5.74, 6) is 1.75. The molecule has 0 aliphatic rings. The predicted molar refractivity (Wildman–Crippen MR) is 271 cm³/mol. The highest BCUT2D eigenvalue weighted by atomic mass is 16.3. The second-order valence-electron chi connectivity index (χ2n) is 17.0. The van der Waals surface area contributed by atoms with Crippen LogP contribution < -0.4 is 0 Å². The summed E-state index contributed by atoms with van der Waals surface area (Å²) < 4.78 is 6.49. The monoisotopic (exact) mass is 825 g/mol. The average Bonchev–Trinajstić information content (AvgIpc) is 3.76. The van der Waals surface area contributed by atoms with Gasteiger partial charge in [0.15, 0.2) is 17.5 Å². The molecule has 4 heteroatoms. The Morgan fingerprint density at radius 2 is 0.738 bits per heavy atom. The molecule has 14 rings (SSSR count). The van der Waals surface area contributed by atoms with Gasteiger partial charge in [-0.05, 0) is 117 Å². The van der Waals surface area contributed by atoms with Gasteiger partial charge in [0, 0.05) is 21.9 Å². The Morgan fingerprint density at radius 1 is 0.262 bits per heavy atom. The SMILES string of the molecule is c1ccc(-c2nc(-c3cccc(-c4ccccc4-c4cc5ccc6cccc7c8cccc9ccc%10cccc(c(c4)c5c67)c%10c98)c3)nc(-c3cccc4c3oc3ccccc34)n2)cc1. The van der Waals surface area contributed by atoms with E-state index in [1.165, 1.54) is 64.6 Å². The number of nitrogens with zero attached hydrogens (tertiary/aromatic N) is 3. The number of rotatable bonds is 5. The Balaban J connectivity index is 0.981. The van der Waals surface area contributed by atoms with Crippen LogP contribution in [0.1, 0.15) is 0 Å². The fourth-order valence-corrected chi connectivity index (χ4v) is 10.5. The highest BCUT2D eigenvalue weighted by Gasteiger charge is 2.20. The highest BCUT2D eigenvalue weighted by molar-refractivity contribution is 6.37. The van der Waals surface area contributed by atoms with Gasteiger partial charge < -0.3 is 4.42 Å². The molecule has 14 aromatic rings. The van der Waals surface area contributed by atoms with E-state index in [2.05, 4.69) is 152 Å². The molecule has 12 aromatic carbocycles. The first-order chi connectivity index (χ1) is 32.2. The first-order valence-corrected chi connectivity index (χ1v) is 22.1. The van der Waals surface area contributed by atoms with Crippen LogP contribution in [0.2, 0.25) is 0 Å². The first kappa shape index (κ1) is 35.8. The summed E-state index contributed by atoms with van der Waals surface area (Å²) in [5, 5.41) is 17.3. The quantitative estimate of drug-likeness (QED) is 0.162. The molecule has 65 heavy (non-hydrogen) atoms. The maximum Gasteiger partial charge on any atom is 0.167 e. The molecule has 0 unspecified atom stereocenters. The van der Waals surface area contributed by atoms with Gasteiger partial charge in [0.1, 0.15) is 11.2 Å². The number of hydrogen-bond acceptors (Lipinski definition) is 4. The number of para-hydroxylation sites is 2. The predicted octanol–water partition coefficient (Wildman–Crippen LogP) is 16.5. The summed E-state index contributed by atoms with van der Waals surface area (Å²) in [6.07, 6.45) is 0. The van der Waals surface area contributed by atoms with E-state index < -0.39 is 0 Å². The minimum atomic E-state index is 0.560. The lowest BCUT2D eigenvalue weighted by Gasteiger charge is -2.18. The van der Waals surface area contributed by atoms with Crippen LogP contribution in [0.3, 0.4) is 0 Å². The third-order valence-corrected chi connectivity index (χ3v) is 13.4. The fourth-order valence-electron chi connectivity index (χ4n) is 10.5. The van der Waals surface area contributed by atoms with Crippen molar-refractivity contribution < 1.29 is 4.42 Å². The standard InChI is InChI=1S/C61H35N3O/c1-2-13-39(14-3-1)59-62-60(64-61(63-59)51-27-12-26-50-46-22-6-7-28-53(46)65-58(50)51)42-19-8-18-40(33-42)44-20-4-5-21-45(44)43-34-41-32-31-38-16-10-24-48-47-23-9-15-36-29-30-37-17-11-25-49(56(37)54(36)47)52(35-43)57(41)55(38)48/h1-35H. The zero-order chi connectivity index (χ0) is 42.6. The summed E-state index contributed by atoms with van der Waals surface area (Å²) in [4.78, 5) is 15.4. The molecule has 0 N–H and O–H groups in total. The van der Waals surface area contributed by atoms with Gasteiger partial charge in [0.2, 0.25) is 0 Å². The van der Waals surface area contributed by atoms with Gasteiger partial charge in [-0.2, -0.15) is 0 Å². The number of furan rings is 1. The molecule has 0 aliphatic heterocycles. The van der Waals surface area contributed by atoms with E-state index in [4.69, 9.17) is 19.4 Å². The van der Waals surface area contributed by atoms with Crippen molar-refractivity contribution in [1.29, 1.82) is 0 Å². The van der Waals surface area contributed by atoms with Gasteiger partial charge in [-0.1, -0.05) is 182 Å². The lowest BCUT2D eigenvalue weighted by Crippen LogP contribution is -2.00. The number of hydrogen-bond donors (Lipinski definition) is 0. The second-order valence-corrected chi connectivity index (χ2v) is 17.0. The summed E-state index contributed by atoms with van der Waals surface area (Å²) in [6, 6.07) is 76.1. The number of aromatic nitrogens is 3. The molecule has 0 spiro atoms. The van der Waals surface area contributed by atoms with Gasteiger partial charge in [0.25, 0.3) is 0 Å². The topological polar surface area (TPSA) is 51.8 Å². The molecule has 0 saturated heterocycles. The minimum Gasteiger partial charge on any atom is -0.455 e. The van der Waals surface area contributed by atoms with Crippen molar-refractivity contribution >= 4 is 86.6 Å². The van der Waals surface area contributed by atoms with Crippen LogP contribution in [0.5, 0.6) is 0 Å². The largest absolute Gasteiger partial charge is 0.455 e. The fraction of sp³-hybridized carbons (Fsp3) is 0. The van der Waals surface area contributed by atoms with Gasteiger partial charge in [-0.3, -0.25) is 0 Å². The van der Waals surface area contributed by atoms with Crippen LogP contribution in [0.15, 0.2) is 217 Å². The Morgan fingerprint density at radius 3 is 1.46 bits per heavy atom. The maximum atomic E-state index is 6.49. The Bertz CT molecular complexity index is 4240. The van der Waals surface area contributed by atoms with Crippen LogP contribution in [0, 0.1) is 0 Å². The molecule has 0 amide bonds. The van der Waals surface area contributed by atoms with E-state index in [1.54, 1.807) is 0 Å². The molecule has 0 aliphatic carbocycles. The highest BCUT2D eigenvalue weighted by Crippen LogP contribution is 2.46. The minimum absolute atomic E-state index is 0.560. The van der Waals surface area contributed by atoms with Crippen molar-refractivity contribution in [2.24, 2.45) is 0 Å². The molecule has 0 bridgehead atoms. The number of fused-ring (bicyclic) bond motifs is 5. The Hall–Kier alpha value is -8.73. The van der Waals surface area contributed by atoms with E-state index in [0.717, 1.165) is 60.9 Å². The van der Waals surface area contributed by atoms with Crippen LogP contribution in [-0.2, 0) is 0 Å². The molecule has 0 atom stereocenters. The maximum absolute atomic E-state index is 6.49. The van der Waals surface area contributed by atoms with Crippen molar-refractivity contribution in [3.05, 3.63) is 212 Å². The van der Waals surface area contributed by atoms with Gasteiger partial charge >= 0.3 is 0 Å². The smallest absolute Gasteiger partial charge is 0.167 e. The van der Waals surface area contributed by atoms with Gasteiger partial charge in [-0.25, -0.2) is 15.0 Å². The third kappa shape index (κ3) is 5.47. The van der Waals surface area contributed by atoms with Crippen molar-refractivity contribution in [3.63, 3.8) is 0 Å². The van der Waals surface area contributed by atoms with Crippen LogP contribution in [-0.4, -0.2) is 15.0 Å². The average molecular weight is 826 g/mol. The molecule has 300 valence electrons. The van der Waals surface area contributed by atoms with Crippen LogP contribution >= 0.6 is 0 Å². The van der Waals surface area contributed by atoms with E-state index in [-0.39, 0.29) is 0 Å². The molecule has 4 nitrogen and oxygen atoms in total. The molecule has 2 heterocycles. The summed E-state index contributed by atoms with van der Waals surface area (Å²) in [5.41, 5.74) is 8.74.